The zero-order valence-corrected chi connectivity index (χ0v) is 7.93. The Hall–Kier alpha value is -0.0400. The minimum Gasteiger partial charge on any atom is -0.396 e. The predicted octanol–water partition coefficient (Wildman–Crippen LogP) is 2.44. The second-order valence-electron chi connectivity index (χ2n) is 4.83. The lowest BCUT2D eigenvalue weighted by molar-refractivity contribution is 0.271. The summed E-state index contributed by atoms with van der Waals surface area (Å²) in [6.45, 7) is 7.32. The number of hydrogen-bond acceptors (Lipinski definition) is 1. The summed E-state index contributed by atoms with van der Waals surface area (Å²) in [6, 6.07) is 0. The maximum absolute atomic E-state index is 8.63. The van der Waals surface area contributed by atoms with Gasteiger partial charge in [0.2, 0.25) is 0 Å². The lowest BCUT2D eigenvalue weighted by Crippen LogP contribution is -2.09. The Bertz CT molecular complexity index is 123. The third-order valence-corrected chi connectivity index (χ3v) is 2.77. The summed E-state index contributed by atoms with van der Waals surface area (Å²) in [7, 11) is 0. The van der Waals surface area contributed by atoms with Gasteiger partial charge in [-0.05, 0) is 36.5 Å². The number of aliphatic hydroxyl groups excluding tert-OH is 1. The van der Waals surface area contributed by atoms with Crippen LogP contribution in [-0.2, 0) is 0 Å². The van der Waals surface area contributed by atoms with E-state index in [0.29, 0.717) is 12.0 Å². The van der Waals surface area contributed by atoms with E-state index in [9.17, 15) is 0 Å². The molecule has 1 nitrogen and oxygen atoms in total. The van der Waals surface area contributed by atoms with Crippen molar-refractivity contribution in [1.29, 1.82) is 0 Å². The summed E-state index contributed by atoms with van der Waals surface area (Å²) < 4.78 is 0. The fraction of sp³-hybridized carbons (Fsp3) is 1.00. The van der Waals surface area contributed by atoms with Crippen LogP contribution in [0.4, 0.5) is 0 Å². The van der Waals surface area contributed by atoms with Gasteiger partial charge in [-0.25, -0.2) is 0 Å². The summed E-state index contributed by atoms with van der Waals surface area (Å²) in [5.41, 5.74) is 0.500. The molecule has 0 amide bonds. The highest BCUT2D eigenvalue weighted by Gasteiger charge is 2.43. The summed E-state index contributed by atoms with van der Waals surface area (Å²) in [6.07, 6.45) is 3.62. The van der Waals surface area contributed by atoms with Gasteiger partial charge in [-0.3, -0.25) is 0 Å². The van der Waals surface area contributed by atoms with Crippen LogP contribution in [0.1, 0.15) is 40.0 Å². The highest BCUT2D eigenvalue weighted by Crippen LogP contribution is 2.52. The fourth-order valence-corrected chi connectivity index (χ4v) is 1.98. The standard InChI is InChI=1S/C10H20O/c1-10(2,3)9-7-8(9)5-4-6-11/h8-9,11H,4-7H2,1-3H3/t8-,9+/m0/s1. The van der Waals surface area contributed by atoms with Crippen LogP contribution in [0, 0.1) is 17.3 Å². The molecule has 0 spiro atoms. The van der Waals surface area contributed by atoms with Gasteiger partial charge < -0.3 is 5.11 Å². The minimum absolute atomic E-state index is 0.368. The van der Waals surface area contributed by atoms with Gasteiger partial charge in [0.15, 0.2) is 0 Å². The average Bonchev–Trinajstić information content (AvgIpc) is 2.60. The summed E-state index contributed by atoms with van der Waals surface area (Å²) >= 11 is 0. The van der Waals surface area contributed by atoms with Crippen molar-refractivity contribution in [3.05, 3.63) is 0 Å². The van der Waals surface area contributed by atoms with Gasteiger partial charge in [0.25, 0.3) is 0 Å². The van der Waals surface area contributed by atoms with E-state index < -0.39 is 0 Å². The van der Waals surface area contributed by atoms with E-state index >= 15 is 0 Å². The van der Waals surface area contributed by atoms with Gasteiger partial charge in [-0.15, -0.1) is 0 Å². The zero-order valence-electron chi connectivity index (χ0n) is 7.93. The molecule has 1 aliphatic rings. The van der Waals surface area contributed by atoms with Crippen LogP contribution in [0.3, 0.4) is 0 Å². The van der Waals surface area contributed by atoms with Gasteiger partial charge in [0, 0.05) is 6.61 Å². The maximum atomic E-state index is 8.63. The Labute approximate surface area is 69.8 Å². The van der Waals surface area contributed by atoms with Gasteiger partial charge in [0.1, 0.15) is 0 Å². The molecule has 0 radical (unpaired) electrons. The Morgan fingerprint density at radius 1 is 1.36 bits per heavy atom. The molecule has 2 atom stereocenters. The summed E-state index contributed by atoms with van der Waals surface area (Å²) in [4.78, 5) is 0. The van der Waals surface area contributed by atoms with Crippen molar-refractivity contribution >= 4 is 0 Å². The SMILES string of the molecule is CC(C)(C)[C@@H]1C[C@@H]1CCCO. The second-order valence-corrected chi connectivity index (χ2v) is 4.83. The summed E-state index contributed by atoms with van der Waals surface area (Å²) in [5.74, 6) is 1.84. The molecular formula is C10H20O. The van der Waals surface area contributed by atoms with Crippen molar-refractivity contribution < 1.29 is 5.11 Å². The fourth-order valence-electron chi connectivity index (χ4n) is 1.98. The van der Waals surface area contributed by atoms with Crippen molar-refractivity contribution in [3.63, 3.8) is 0 Å². The molecular weight excluding hydrogens is 136 g/mol. The third kappa shape index (κ3) is 2.48. The van der Waals surface area contributed by atoms with E-state index in [-0.39, 0.29) is 0 Å². The van der Waals surface area contributed by atoms with Crippen LogP contribution in [-0.4, -0.2) is 11.7 Å². The average molecular weight is 156 g/mol. The molecule has 1 saturated carbocycles. The molecule has 0 aromatic carbocycles. The highest BCUT2D eigenvalue weighted by molar-refractivity contribution is 4.93. The Morgan fingerprint density at radius 2 is 2.00 bits per heavy atom. The first-order valence-corrected chi connectivity index (χ1v) is 4.66. The van der Waals surface area contributed by atoms with Crippen molar-refractivity contribution in [2.75, 3.05) is 6.61 Å². The third-order valence-electron chi connectivity index (χ3n) is 2.77. The first-order chi connectivity index (χ1) is 5.05. The molecule has 0 bridgehead atoms. The predicted molar refractivity (Wildman–Crippen MR) is 47.4 cm³/mol. The monoisotopic (exact) mass is 156 g/mol. The molecule has 1 fully saturated rings. The van der Waals surface area contributed by atoms with Crippen LogP contribution >= 0.6 is 0 Å². The van der Waals surface area contributed by atoms with Crippen LogP contribution < -0.4 is 0 Å². The molecule has 0 unspecified atom stereocenters. The van der Waals surface area contributed by atoms with Gasteiger partial charge in [-0.1, -0.05) is 20.8 Å². The van der Waals surface area contributed by atoms with E-state index in [0.717, 1.165) is 18.3 Å². The molecule has 66 valence electrons. The topological polar surface area (TPSA) is 20.2 Å². The molecule has 1 rings (SSSR count). The quantitative estimate of drug-likeness (QED) is 0.665. The molecule has 0 aliphatic heterocycles. The largest absolute Gasteiger partial charge is 0.396 e. The molecule has 1 aliphatic carbocycles. The van der Waals surface area contributed by atoms with Crippen LogP contribution in [0.2, 0.25) is 0 Å². The molecule has 0 heterocycles. The van der Waals surface area contributed by atoms with Crippen LogP contribution in [0.25, 0.3) is 0 Å². The lowest BCUT2D eigenvalue weighted by atomic mass is 9.88. The molecule has 1 heteroatoms. The number of aliphatic hydroxyl groups is 1. The van der Waals surface area contributed by atoms with E-state index in [4.69, 9.17) is 5.11 Å². The Kier molecular flexibility index (Phi) is 2.58. The second kappa shape index (κ2) is 3.14. The van der Waals surface area contributed by atoms with Gasteiger partial charge in [-0.2, -0.15) is 0 Å². The zero-order chi connectivity index (χ0) is 8.48. The van der Waals surface area contributed by atoms with E-state index in [1.807, 2.05) is 0 Å². The van der Waals surface area contributed by atoms with Gasteiger partial charge in [0.05, 0.1) is 0 Å². The maximum Gasteiger partial charge on any atom is 0.0431 e. The van der Waals surface area contributed by atoms with Crippen molar-refractivity contribution in [1.82, 2.24) is 0 Å². The highest BCUT2D eigenvalue weighted by atomic mass is 16.2. The van der Waals surface area contributed by atoms with E-state index in [1.54, 1.807) is 0 Å². The van der Waals surface area contributed by atoms with Crippen molar-refractivity contribution in [2.45, 2.75) is 40.0 Å². The molecule has 0 saturated heterocycles. The Balaban J connectivity index is 2.16. The smallest absolute Gasteiger partial charge is 0.0431 e. The Morgan fingerprint density at radius 3 is 2.36 bits per heavy atom. The summed E-state index contributed by atoms with van der Waals surface area (Å²) in [5, 5.41) is 8.63. The number of hydrogen-bond donors (Lipinski definition) is 1. The first kappa shape index (κ1) is 9.05. The van der Waals surface area contributed by atoms with E-state index in [2.05, 4.69) is 20.8 Å². The van der Waals surface area contributed by atoms with Crippen LogP contribution in [0.5, 0.6) is 0 Å². The number of rotatable bonds is 3. The van der Waals surface area contributed by atoms with Gasteiger partial charge >= 0.3 is 0 Å². The minimum atomic E-state index is 0.368. The van der Waals surface area contributed by atoms with Crippen molar-refractivity contribution in [2.24, 2.45) is 17.3 Å². The lowest BCUT2D eigenvalue weighted by Gasteiger charge is -2.17. The van der Waals surface area contributed by atoms with Crippen LogP contribution in [0.15, 0.2) is 0 Å². The van der Waals surface area contributed by atoms with Crippen molar-refractivity contribution in [3.8, 4) is 0 Å². The molecule has 1 N–H and O–H groups in total. The van der Waals surface area contributed by atoms with E-state index in [1.165, 1.54) is 12.8 Å². The first-order valence-electron chi connectivity index (χ1n) is 4.66. The normalized spacial score (nSPS) is 30.5. The molecule has 0 aromatic heterocycles. The molecule has 11 heavy (non-hydrogen) atoms. The molecule has 0 aromatic rings.